The number of carbonyl (C=O) groups is 3. The van der Waals surface area contributed by atoms with Crippen LogP contribution < -0.4 is 11.1 Å². The van der Waals surface area contributed by atoms with Gasteiger partial charge in [-0.15, -0.1) is 0 Å². The van der Waals surface area contributed by atoms with Crippen molar-refractivity contribution in [2.75, 3.05) is 6.54 Å². The molecule has 4 N–H and O–H groups in total. The summed E-state index contributed by atoms with van der Waals surface area (Å²) in [4.78, 5) is 36.3. The molecule has 2 unspecified atom stereocenters. The number of hydrogen-bond acceptors (Lipinski definition) is 5. The molecular formula is C46H84N2O5. The lowest BCUT2D eigenvalue weighted by molar-refractivity contribution is -0.150. The number of amides is 1. The Bertz CT molecular complexity index is 931. The highest BCUT2D eigenvalue weighted by Gasteiger charge is 2.19. The van der Waals surface area contributed by atoms with Crippen LogP contribution in [0.4, 0.5) is 0 Å². The van der Waals surface area contributed by atoms with Gasteiger partial charge in [-0.1, -0.05) is 153 Å². The van der Waals surface area contributed by atoms with Gasteiger partial charge in [0.05, 0.1) is 0 Å². The van der Waals surface area contributed by atoms with E-state index in [-0.39, 0.29) is 18.0 Å². The number of rotatable bonds is 40. The Kier molecular flexibility index (Phi) is 38.9. The zero-order chi connectivity index (χ0) is 38.9. The fraction of sp³-hybridized carbons (Fsp3) is 0.804. The van der Waals surface area contributed by atoms with Gasteiger partial charge in [-0.3, -0.25) is 9.59 Å². The van der Waals surface area contributed by atoms with Crippen molar-refractivity contribution in [3.63, 3.8) is 0 Å². The monoisotopic (exact) mass is 745 g/mol. The number of hydrogen-bond donors (Lipinski definition) is 3. The molecule has 0 aliphatic carbocycles. The highest BCUT2D eigenvalue weighted by atomic mass is 16.5. The van der Waals surface area contributed by atoms with E-state index in [4.69, 9.17) is 10.5 Å². The molecule has 2 atom stereocenters. The number of ether oxygens (including phenoxy) is 1. The van der Waals surface area contributed by atoms with Gasteiger partial charge in [0.2, 0.25) is 5.91 Å². The van der Waals surface area contributed by atoms with Crippen molar-refractivity contribution in [2.45, 2.75) is 231 Å². The van der Waals surface area contributed by atoms with Gasteiger partial charge in [0.1, 0.15) is 12.1 Å². The van der Waals surface area contributed by atoms with Gasteiger partial charge in [-0.2, -0.15) is 0 Å². The summed E-state index contributed by atoms with van der Waals surface area (Å²) in [7, 11) is 0. The Morgan fingerprint density at radius 2 is 0.981 bits per heavy atom. The first-order valence-corrected chi connectivity index (χ1v) is 22.3. The molecule has 0 rings (SSSR count). The van der Waals surface area contributed by atoms with Crippen LogP contribution in [-0.4, -0.2) is 41.6 Å². The molecule has 0 saturated carbocycles. The van der Waals surface area contributed by atoms with Crippen molar-refractivity contribution >= 4 is 17.8 Å². The van der Waals surface area contributed by atoms with Gasteiger partial charge in [0, 0.05) is 12.8 Å². The van der Waals surface area contributed by atoms with E-state index < -0.39 is 12.0 Å². The maximum absolute atomic E-state index is 12.8. The predicted molar refractivity (Wildman–Crippen MR) is 225 cm³/mol. The molecular weight excluding hydrogens is 661 g/mol. The highest BCUT2D eigenvalue weighted by Crippen LogP contribution is 2.19. The molecule has 308 valence electrons. The van der Waals surface area contributed by atoms with Crippen molar-refractivity contribution in [1.29, 1.82) is 0 Å². The number of nitrogens with two attached hydrogens (primary N) is 1. The Labute approximate surface area is 326 Å². The lowest BCUT2D eigenvalue weighted by Gasteiger charge is -2.18. The molecule has 0 saturated heterocycles. The maximum atomic E-state index is 12.8. The molecule has 0 fully saturated rings. The number of esters is 1. The van der Waals surface area contributed by atoms with Crippen molar-refractivity contribution in [3.8, 4) is 0 Å². The summed E-state index contributed by atoms with van der Waals surface area (Å²) in [5.41, 5.74) is 5.48. The number of carbonyl (C=O) groups excluding carboxylic acids is 2. The minimum Gasteiger partial charge on any atom is -0.480 e. The smallest absolute Gasteiger partial charge is 0.326 e. The Hall–Kier alpha value is -2.41. The van der Waals surface area contributed by atoms with E-state index in [1.54, 1.807) is 0 Å². The van der Waals surface area contributed by atoms with Crippen LogP contribution in [0.15, 0.2) is 36.5 Å². The Morgan fingerprint density at radius 1 is 0.547 bits per heavy atom. The van der Waals surface area contributed by atoms with Gasteiger partial charge < -0.3 is 20.9 Å². The first-order valence-electron chi connectivity index (χ1n) is 22.3. The molecule has 0 radical (unpaired) electrons. The first kappa shape index (κ1) is 50.6. The van der Waals surface area contributed by atoms with E-state index >= 15 is 0 Å². The highest BCUT2D eigenvalue weighted by molar-refractivity contribution is 5.83. The summed E-state index contributed by atoms with van der Waals surface area (Å²) >= 11 is 0. The second kappa shape index (κ2) is 40.8. The van der Waals surface area contributed by atoms with E-state index in [0.717, 1.165) is 83.5 Å². The minimum absolute atomic E-state index is 0.00976. The summed E-state index contributed by atoms with van der Waals surface area (Å²) in [5, 5.41) is 11.9. The third kappa shape index (κ3) is 37.7. The number of carboxylic acid groups (broad SMARTS) is 1. The topological polar surface area (TPSA) is 119 Å². The van der Waals surface area contributed by atoms with Gasteiger partial charge in [0.25, 0.3) is 0 Å². The molecule has 0 aliphatic rings. The zero-order valence-corrected chi connectivity index (χ0v) is 34.6. The standard InChI is InChI=1S/C46H84N2O5/c1-3-5-7-9-11-13-14-15-16-17-18-19-20-21-22-23-25-30-34-40-45(50)53-42(36-31-27-24-12-10-8-6-4-2)37-32-28-26-29-33-39-44(49)48-43(46(51)52)38-35-41-47/h11,13,15-16,18-19,42-43H,3-10,12,14,17,20-41,47H2,1-2H3,(H,48,49)(H,51,52)/b13-11-,16-15-,19-18-. The Morgan fingerprint density at radius 3 is 1.51 bits per heavy atom. The fourth-order valence-corrected chi connectivity index (χ4v) is 6.58. The van der Waals surface area contributed by atoms with Crippen molar-refractivity contribution in [3.05, 3.63) is 36.5 Å². The van der Waals surface area contributed by atoms with Crippen molar-refractivity contribution < 1.29 is 24.2 Å². The van der Waals surface area contributed by atoms with Crippen molar-refractivity contribution in [1.82, 2.24) is 5.32 Å². The average molecular weight is 745 g/mol. The summed E-state index contributed by atoms with van der Waals surface area (Å²) in [6, 6.07) is -0.856. The van der Waals surface area contributed by atoms with Crippen LogP contribution in [0, 0.1) is 0 Å². The van der Waals surface area contributed by atoms with Crippen LogP contribution >= 0.6 is 0 Å². The van der Waals surface area contributed by atoms with Crippen LogP contribution in [0.2, 0.25) is 0 Å². The SMILES string of the molecule is CCCCC/C=C\C/C=C\C/C=C\CCCCCCCCC(=O)OC(CCCCCCCCCC)CCCCCCCC(=O)NC(CCCN)C(=O)O. The van der Waals surface area contributed by atoms with E-state index in [1.807, 2.05) is 0 Å². The average Bonchev–Trinajstić information content (AvgIpc) is 3.14. The number of allylic oxidation sites excluding steroid dienone is 6. The fourth-order valence-electron chi connectivity index (χ4n) is 6.58. The number of unbranched alkanes of at least 4 members (excludes halogenated alkanes) is 20. The Balaban J connectivity index is 4.20. The summed E-state index contributed by atoms with van der Waals surface area (Å²) in [6.07, 6.45) is 47.6. The first-order chi connectivity index (χ1) is 25.9. The van der Waals surface area contributed by atoms with E-state index in [2.05, 4.69) is 55.6 Å². The summed E-state index contributed by atoms with van der Waals surface area (Å²) < 4.78 is 6.03. The second-order valence-corrected chi connectivity index (χ2v) is 15.1. The third-order valence-corrected chi connectivity index (χ3v) is 9.96. The van der Waals surface area contributed by atoms with Crippen LogP contribution in [0.5, 0.6) is 0 Å². The lowest BCUT2D eigenvalue weighted by atomic mass is 10.0. The molecule has 0 heterocycles. The lowest BCUT2D eigenvalue weighted by Crippen LogP contribution is -2.40. The molecule has 1 amide bonds. The predicted octanol–water partition coefficient (Wildman–Crippen LogP) is 12.6. The second-order valence-electron chi connectivity index (χ2n) is 15.1. The number of carboxylic acids is 1. The van der Waals surface area contributed by atoms with Crippen molar-refractivity contribution in [2.24, 2.45) is 5.73 Å². The molecule has 7 nitrogen and oxygen atoms in total. The van der Waals surface area contributed by atoms with Crippen LogP contribution in [0.1, 0.15) is 219 Å². The molecule has 53 heavy (non-hydrogen) atoms. The quantitative estimate of drug-likeness (QED) is 0.0326. The maximum Gasteiger partial charge on any atom is 0.326 e. The molecule has 0 aliphatic heterocycles. The van der Waals surface area contributed by atoms with Crippen LogP contribution in [0.3, 0.4) is 0 Å². The van der Waals surface area contributed by atoms with Crippen LogP contribution in [0.25, 0.3) is 0 Å². The normalized spacial score (nSPS) is 13.0. The number of aliphatic carboxylic acids is 1. The number of nitrogens with one attached hydrogen (secondary N) is 1. The molecule has 0 bridgehead atoms. The van der Waals surface area contributed by atoms with E-state index in [0.29, 0.717) is 32.2 Å². The van der Waals surface area contributed by atoms with E-state index in [9.17, 15) is 19.5 Å². The molecule has 7 heteroatoms. The van der Waals surface area contributed by atoms with Crippen LogP contribution in [-0.2, 0) is 19.1 Å². The zero-order valence-electron chi connectivity index (χ0n) is 34.6. The third-order valence-electron chi connectivity index (χ3n) is 9.96. The van der Waals surface area contributed by atoms with Gasteiger partial charge >= 0.3 is 11.9 Å². The molecule has 0 aromatic rings. The largest absolute Gasteiger partial charge is 0.480 e. The molecule has 0 aromatic carbocycles. The van der Waals surface area contributed by atoms with Gasteiger partial charge in [-0.05, 0) is 96.4 Å². The summed E-state index contributed by atoms with van der Waals surface area (Å²) in [5.74, 6) is -1.24. The van der Waals surface area contributed by atoms with E-state index in [1.165, 1.54) is 96.3 Å². The van der Waals surface area contributed by atoms with Gasteiger partial charge in [-0.25, -0.2) is 4.79 Å². The minimum atomic E-state index is -1.00. The summed E-state index contributed by atoms with van der Waals surface area (Å²) in [6.45, 7) is 4.91. The molecule has 0 spiro atoms. The molecule has 0 aromatic heterocycles. The van der Waals surface area contributed by atoms with Gasteiger partial charge in [0.15, 0.2) is 0 Å².